The first kappa shape index (κ1) is 15.8. The summed E-state index contributed by atoms with van der Waals surface area (Å²) < 4.78 is 33.9. The summed E-state index contributed by atoms with van der Waals surface area (Å²) >= 11 is 0. The highest BCUT2D eigenvalue weighted by molar-refractivity contribution is 7.87. The second-order valence-electron chi connectivity index (χ2n) is 5.15. The van der Waals surface area contributed by atoms with E-state index in [1.807, 2.05) is 13.8 Å². The summed E-state index contributed by atoms with van der Waals surface area (Å²) in [5.74, 6) is -0.115. The van der Waals surface area contributed by atoms with Crippen molar-refractivity contribution in [3.05, 3.63) is 0 Å². The fraction of sp³-hybridized carbons (Fsp3) is 1.00. The predicted molar refractivity (Wildman–Crippen MR) is 69.3 cm³/mol. The molecular formula is C11H24N2O4S. The molecule has 1 saturated heterocycles. The number of hydrogen-bond acceptors (Lipinski definition) is 4. The molecule has 0 aromatic carbocycles. The molecule has 1 fully saturated rings. The van der Waals surface area contributed by atoms with Crippen molar-refractivity contribution in [1.29, 1.82) is 0 Å². The molecule has 18 heavy (non-hydrogen) atoms. The van der Waals surface area contributed by atoms with Crippen molar-refractivity contribution in [2.24, 2.45) is 5.92 Å². The van der Waals surface area contributed by atoms with Crippen molar-refractivity contribution in [1.82, 2.24) is 9.03 Å². The van der Waals surface area contributed by atoms with E-state index in [0.29, 0.717) is 13.1 Å². The number of morpholine rings is 1. The Kier molecular flexibility index (Phi) is 5.54. The Hall–Kier alpha value is -0.210. The van der Waals surface area contributed by atoms with Gasteiger partial charge in [-0.25, -0.2) is 0 Å². The molecule has 0 aromatic heterocycles. The van der Waals surface area contributed by atoms with Crippen molar-refractivity contribution in [2.45, 2.75) is 45.9 Å². The maximum Gasteiger partial charge on any atom is 0.279 e. The Morgan fingerprint density at radius 2 is 1.83 bits per heavy atom. The summed E-state index contributed by atoms with van der Waals surface area (Å²) in [6.07, 6.45) is -0.202. The first-order valence-electron chi connectivity index (χ1n) is 6.30. The molecule has 2 N–H and O–H groups in total. The van der Waals surface area contributed by atoms with Crippen molar-refractivity contribution >= 4 is 10.2 Å². The SMILES string of the molecule is CC1CN(S(=O)(=O)NC(C)C(C)CO)CC(C)O1. The van der Waals surface area contributed by atoms with Crippen LogP contribution in [0.15, 0.2) is 0 Å². The van der Waals surface area contributed by atoms with E-state index >= 15 is 0 Å². The van der Waals surface area contributed by atoms with E-state index in [0.717, 1.165) is 0 Å². The number of ether oxygens (including phenoxy) is 1. The number of aliphatic hydroxyl groups excluding tert-OH is 1. The van der Waals surface area contributed by atoms with Gasteiger partial charge in [0.05, 0.1) is 12.2 Å². The van der Waals surface area contributed by atoms with Gasteiger partial charge in [0.2, 0.25) is 0 Å². The number of nitrogens with zero attached hydrogens (tertiary/aromatic N) is 1. The summed E-state index contributed by atoms with van der Waals surface area (Å²) in [6.45, 7) is 7.96. The molecule has 108 valence electrons. The highest BCUT2D eigenvalue weighted by Gasteiger charge is 2.32. The van der Waals surface area contributed by atoms with Crippen LogP contribution in [0.4, 0.5) is 0 Å². The average molecular weight is 280 g/mol. The maximum absolute atomic E-state index is 12.2. The highest BCUT2D eigenvalue weighted by Crippen LogP contribution is 2.14. The van der Waals surface area contributed by atoms with Crippen LogP contribution >= 0.6 is 0 Å². The molecule has 4 atom stereocenters. The summed E-state index contributed by atoms with van der Waals surface area (Å²) in [6, 6.07) is -0.298. The summed E-state index contributed by atoms with van der Waals surface area (Å²) in [5.41, 5.74) is 0. The molecular weight excluding hydrogens is 256 g/mol. The Morgan fingerprint density at radius 1 is 1.33 bits per heavy atom. The van der Waals surface area contributed by atoms with Crippen LogP contribution in [-0.2, 0) is 14.9 Å². The standard InChI is InChI=1S/C11H24N2O4S/c1-8(7-14)11(4)12-18(15,16)13-5-9(2)17-10(3)6-13/h8-12,14H,5-7H2,1-4H3. The molecule has 0 bridgehead atoms. The van der Waals surface area contributed by atoms with E-state index in [1.54, 1.807) is 13.8 Å². The smallest absolute Gasteiger partial charge is 0.279 e. The van der Waals surface area contributed by atoms with Crippen molar-refractivity contribution in [3.8, 4) is 0 Å². The lowest BCUT2D eigenvalue weighted by atomic mass is 10.1. The monoisotopic (exact) mass is 280 g/mol. The minimum absolute atomic E-state index is 0.0421. The second kappa shape index (κ2) is 6.29. The molecule has 1 rings (SSSR count). The lowest BCUT2D eigenvalue weighted by Crippen LogP contribution is -2.54. The van der Waals surface area contributed by atoms with Crippen LogP contribution in [-0.4, -0.2) is 55.8 Å². The van der Waals surface area contributed by atoms with Crippen molar-refractivity contribution in [3.63, 3.8) is 0 Å². The van der Waals surface area contributed by atoms with Crippen molar-refractivity contribution in [2.75, 3.05) is 19.7 Å². The quantitative estimate of drug-likeness (QED) is 0.740. The van der Waals surface area contributed by atoms with Crippen LogP contribution in [0.1, 0.15) is 27.7 Å². The van der Waals surface area contributed by atoms with Gasteiger partial charge in [-0.3, -0.25) is 0 Å². The first-order valence-corrected chi connectivity index (χ1v) is 7.74. The highest BCUT2D eigenvalue weighted by atomic mass is 32.2. The molecule has 0 radical (unpaired) electrons. The first-order chi connectivity index (χ1) is 8.26. The summed E-state index contributed by atoms with van der Waals surface area (Å²) in [7, 11) is -3.51. The fourth-order valence-electron chi connectivity index (χ4n) is 1.91. The zero-order valence-electron chi connectivity index (χ0n) is 11.5. The lowest BCUT2D eigenvalue weighted by Gasteiger charge is -2.35. The molecule has 0 spiro atoms. The minimum Gasteiger partial charge on any atom is -0.396 e. The van der Waals surface area contributed by atoms with Crippen LogP contribution in [0, 0.1) is 5.92 Å². The maximum atomic E-state index is 12.2. The zero-order chi connectivity index (χ0) is 13.9. The zero-order valence-corrected chi connectivity index (χ0v) is 12.3. The van der Waals surface area contributed by atoms with E-state index in [2.05, 4.69) is 4.72 Å². The predicted octanol–water partition coefficient (Wildman–Crippen LogP) is -0.0531. The van der Waals surface area contributed by atoms with E-state index in [9.17, 15) is 8.42 Å². The molecule has 1 heterocycles. The number of nitrogens with one attached hydrogen (secondary N) is 1. The van der Waals surface area contributed by atoms with Crippen LogP contribution in [0.25, 0.3) is 0 Å². The van der Waals surface area contributed by atoms with Crippen LogP contribution in [0.2, 0.25) is 0 Å². The van der Waals surface area contributed by atoms with Gasteiger partial charge in [-0.05, 0) is 26.7 Å². The van der Waals surface area contributed by atoms with E-state index in [1.165, 1.54) is 4.31 Å². The molecule has 6 nitrogen and oxygen atoms in total. The van der Waals surface area contributed by atoms with Gasteiger partial charge in [0, 0.05) is 25.7 Å². The second-order valence-corrected chi connectivity index (χ2v) is 6.85. The molecule has 1 aliphatic heterocycles. The van der Waals surface area contributed by atoms with E-state index < -0.39 is 10.2 Å². The third kappa shape index (κ3) is 4.17. The Labute approximate surface area is 109 Å². The third-order valence-electron chi connectivity index (χ3n) is 3.20. The normalized spacial score (nSPS) is 30.1. The summed E-state index contributed by atoms with van der Waals surface area (Å²) in [4.78, 5) is 0. The van der Waals surface area contributed by atoms with Gasteiger partial charge >= 0.3 is 0 Å². The van der Waals surface area contributed by atoms with Gasteiger partial charge in [0.25, 0.3) is 10.2 Å². The van der Waals surface area contributed by atoms with Crippen LogP contribution in [0.3, 0.4) is 0 Å². The Bertz CT molecular complexity index is 350. The molecule has 4 unspecified atom stereocenters. The van der Waals surface area contributed by atoms with E-state index in [4.69, 9.17) is 9.84 Å². The molecule has 0 saturated carbocycles. The number of rotatable bonds is 5. The lowest BCUT2D eigenvalue weighted by molar-refractivity contribution is -0.0445. The van der Waals surface area contributed by atoms with Gasteiger partial charge in [0.15, 0.2) is 0 Å². The van der Waals surface area contributed by atoms with Crippen molar-refractivity contribution < 1.29 is 18.3 Å². The molecule has 0 amide bonds. The molecule has 1 aliphatic rings. The van der Waals surface area contributed by atoms with E-state index in [-0.39, 0.29) is 30.8 Å². The third-order valence-corrected chi connectivity index (χ3v) is 4.85. The molecule has 7 heteroatoms. The van der Waals surface area contributed by atoms with Gasteiger partial charge in [-0.15, -0.1) is 0 Å². The molecule has 0 aliphatic carbocycles. The van der Waals surface area contributed by atoms with Crippen LogP contribution < -0.4 is 4.72 Å². The minimum atomic E-state index is -3.51. The largest absolute Gasteiger partial charge is 0.396 e. The fourth-order valence-corrected chi connectivity index (χ4v) is 3.57. The molecule has 0 aromatic rings. The number of hydrogen-bond donors (Lipinski definition) is 2. The summed E-state index contributed by atoms with van der Waals surface area (Å²) in [5, 5.41) is 9.03. The van der Waals surface area contributed by atoms with Gasteiger partial charge in [-0.2, -0.15) is 17.4 Å². The number of aliphatic hydroxyl groups is 1. The average Bonchev–Trinajstić information content (AvgIpc) is 2.26. The van der Waals surface area contributed by atoms with Gasteiger partial charge in [0.1, 0.15) is 0 Å². The topological polar surface area (TPSA) is 78.9 Å². The Morgan fingerprint density at radius 3 is 2.28 bits per heavy atom. The Balaban J connectivity index is 2.68. The van der Waals surface area contributed by atoms with Crippen LogP contribution in [0.5, 0.6) is 0 Å². The van der Waals surface area contributed by atoms with Gasteiger partial charge < -0.3 is 9.84 Å². The van der Waals surface area contributed by atoms with Gasteiger partial charge in [-0.1, -0.05) is 6.92 Å².